The van der Waals surface area contributed by atoms with Gasteiger partial charge >= 0.3 is 0 Å². The molecular formula is C17H17ClN2O3. The molecule has 0 unspecified atom stereocenters. The lowest BCUT2D eigenvalue weighted by molar-refractivity contribution is -0.111. The zero-order valence-electron chi connectivity index (χ0n) is 12.8. The van der Waals surface area contributed by atoms with Gasteiger partial charge in [-0.25, -0.2) is 0 Å². The van der Waals surface area contributed by atoms with Crippen LogP contribution in [0.2, 0.25) is 5.02 Å². The van der Waals surface area contributed by atoms with Gasteiger partial charge in [-0.2, -0.15) is 0 Å². The number of carbonyl (C=O) groups is 1. The van der Waals surface area contributed by atoms with Crippen molar-refractivity contribution in [2.75, 3.05) is 25.3 Å². The zero-order chi connectivity index (χ0) is 16.8. The molecule has 0 saturated heterocycles. The molecule has 2 aromatic carbocycles. The summed E-state index contributed by atoms with van der Waals surface area (Å²) >= 11 is 5.84. The van der Waals surface area contributed by atoms with E-state index in [0.717, 1.165) is 5.56 Å². The summed E-state index contributed by atoms with van der Waals surface area (Å²) in [5, 5.41) is 3.16. The van der Waals surface area contributed by atoms with Crippen LogP contribution in [-0.4, -0.2) is 20.1 Å². The Morgan fingerprint density at radius 2 is 1.87 bits per heavy atom. The van der Waals surface area contributed by atoms with Crippen LogP contribution in [0.25, 0.3) is 6.08 Å². The van der Waals surface area contributed by atoms with Crippen molar-refractivity contribution in [1.29, 1.82) is 0 Å². The fourth-order valence-electron chi connectivity index (χ4n) is 1.93. The molecule has 0 bridgehead atoms. The maximum Gasteiger partial charge on any atom is 0.248 e. The maximum absolute atomic E-state index is 11.9. The average molecular weight is 333 g/mol. The first-order valence-corrected chi connectivity index (χ1v) is 7.17. The quantitative estimate of drug-likeness (QED) is 0.648. The Morgan fingerprint density at radius 3 is 2.52 bits per heavy atom. The Kier molecular flexibility index (Phi) is 5.49. The van der Waals surface area contributed by atoms with Gasteiger partial charge in [0.1, 0.15) is 0 Å². The van der Waals surface area contributed by atoms with E-state index in [1.165, 1.54) is 6.08 Å². The van der Waals surface area contributed by atoms with Gasteiger partial charge in [0.15, 0.2) is 11.5 Å². The summed E-state index contributed by atoms with van der Waals surface area (Å²) in [6, 6.07) is 10.3. The number of nitrogen functional groups attached to an aromatic ring is 1. The van der Waals surface area contributed by atoms with Crippen molar-refractivity contribution < 1.29 is 14.3 Å². The molecule has 0 aliphatic carbocycles. The molecule has 0 atom stereocenters. The number of nitrogens with two attached hydrogens (primary N) is 1. The molecule has 0 aliphatic heterocycles. The Balaban J connectivity index is 2.07. The number of hydrogen-bond acceptors (Lipinski definition) is 4. The normalized spacial score (nSPS) is 10.6. The van der Waals surface area contributed by atoms with E-state index in [1.54, 1.807) is 50.6 Å². The lowest BCUT2D eigenvalue weighted by atomic mass is 10.2. The number of methoxy groups -OCH3 is 2. The molecular weight excluding hydrogens is 316 g/mol. The number of nitrogens with one attached hydrogen (secondary N) is 1. The minimum Gasteiger partial charge on any atom is -0.493 e. The molecule has 23 heavy (non-hydrogen) atoms. The fraction of sp³-hybridized carbons (Fsp3) is 0.118. The first-order chi connectivity index (χ1) is 11.0. The Labute approximate surface area is 139 Å². The third kappa shape index (κ3) is 4.40. The predicted molar refractivity (Wildman–Crippen MR) is 93.1 cm³/mol. The van der Waals surface area contributed by atoms with E-state index < -0.39 is 0 Å². The molecule has 0 heterocycles. The lowest BCUT2D eigenvalue weighted by Gasteiger charge is -2.07. The molecule has 0 radical (unpaired) electrons. The molecule has 0 aliphatic rings. The van der Waals surface area contributed by atoms with Gasteiger partial charge in [0.25, 0.3) is 0 Å². The van der Waals surface area contributed by atoms with Crippen molar-refractivity contribution in [3.05, 3.63) is 53.1 Å². The van der Waals surface area contributed by atoms with Crippen LogP contribution in [0, 0.1) is 0 Å². The van der Waals surface area contributed by atoms with Gasteiger partial charge in [0.05, 0.1) is 24.9 Å². The second-order valence-electron chi connectivity index (χ2n) is 4.67. The number of rotatable bonds is 5. The molecule has 0 aromatic heterocycles. The van der Waals surface area contributed by atoms with Crippen molar-refractivity contribution >= 4 is 35.0 Å². The number of amides is 1. The van der Waals surface area contributed by atoms with Crippen LogP contribution in [-0.2, 0) is 4.79 Å². The average Bonchev–Trinajstić information content (AvgIpc) is 2.56. The third-order valence-corrected chi connectivity index (χ3v) is 3.44. The minimum absolute atomic E-state index is 0.276. The second kappa shape index (κ2) is 7.56. The van der Waals surface area contributed by atoms with E-state index in [9.17, 15) is 4.79 Å². The van der Waals surface area contributed by atoms with Crippen LogP contribution in [0.1, 0.15) is 5.56 Å². The van der Waals surface area contributed by atoms with Gasteiger partial charge in [-0.15, -0.1) is 0 Å². The molecule has 3 N–H and O–H groups in total. The maximum atomic E-state index is 11.9. The monoisotopic (exact) mass is 332 g/mol. The van der Waals surface area contributed by atoms with Crippen LogP contribution < -0.4 is 20.5 Å². The number of benzene rings is 2. The first kappa shape index (κ1) is 16.7. The van der Waals surface area contributed by atoms with Crippen molar-refractivity contribution in [3.8, 4) is 11.5 Å². The molecule has 1 amide bonds. The number of hydrogen-bond donors (Lipinski definition) is 2. The van der Waals surface area contributed by atoms with Gasteiger partial charge < -0.3 is 20.5 Å². The zero-order valence-corrected chi connectivity index (χ0v) is 13.6. The smallest absolute Gasteiger partial charge is 0.248 e. The Morgan fingerprint density at radius 1 is 1.13 bits per heavy atom. The van der Waals surface area contributed by atoms with Crippen molar-refractivity contribution in [1.82, 2.24) is 0 Å². The lowest BCUT2D eigenvalue weighted by Crippen LogP contribution is -2.08. The molecule has 0 saturated carbocycles. The summed E-state index contributed by atoms with van der Waals surface area (Å²) in [6.45, 7) is 0. The van der Waals surface area contributed by atoms with Crippen molar-refractivity contribution in [2.24, 2.45) is 0 Å². The van der Waals surface area contributed by atoms with E-state index in [-0.39, 0.29) is 5.91 Å². The summed E-state index contributed by atoms with van der Waals surface area (Å²) in [6.07, 6.45) is 3.10. The standard InChI is InChI=1S/C17H17ClN2O3/c1-22-15-7-3-11(9-16(15)23-2)4-8-17(21)20-12-5-6-13(18)14(19)10-12/h3-10H,19H2,1-2H3,(H,20,21)/b8-4+. The molecule has 0 spiro atoms. The minimum atomic E-state index is -0.276. The highest BCUT2D eigenvalue weighted by atomic mass is 35.5. The summed E-state index contributed by atoms with van der Waals surface area (Å²) in [7, 11) is 3.13. The van der Waals surface area contributed by atoms with E-state index >= 15 is 0 Å². The molecule has 5 nitrogen and oxygen atoms in total. The summed E-state index contributed by atoms with van der Waals surface area (Å²) < 4.78 is 10.4. The molecule has 120 valence electrons. The number of carbonyl (C=O) groups excluding carboxylic acids is 1. The highest BCUT2D eigenvalue weighted by Gasteiger charge is 2.04. The van der Waals surface area contributed by atoms with Gasteiger partial charge in [0.2, 0.25) is 5.91 Å². The fourth-order valence-corrected chi connectivity index (χ4v) is 2.05. The van der Waals surface area contributed by atoms with Gasteiger partial charge in [-0.3, -0.25) is 4.79 Å². The van der Waals surface area contributed by atoms with Gasteiger partial charge in [0, 0.05) is 11.8 Å². The third-order valence-electron chi connectivity index (χ3n) is 3.10. The Bertz CT molecular complexity index is 745. The van der Waals surface area contributed by atoms with Crippen LogP contribution in [0.15, 0.2) is 42.5 Å². The molecule has 2 aromatic rings. The first-order valence-electron chi connectivity index (χ1n) is 6.79. The number of ether oxygens (including phenoxy) is 2. The SMILES string of the molecule is COc1ccc(/C=C/C(=O)Nc2ccc(Cl)c(N)c2)cc1OC. The van der Waals surface area contributed by atoms with E-state index in [4.69, 9.17) is 26.8 Å². The van der Waals surface area contributed by atoms with Crippen LogP contribution in [0.3, 0.4) is 0 Å². The predicted octanol–water partition coefficient (Wildman–Crippen LogP) is 3.59. The Hall–Kier alpha value is -2.66. The second-order valence-corrected chi connectivity index (χ2v) is 5.08. The topological polar surface area (TPSA) is 73.6 Å². The molecule has 2 rings (SSSR count). The van der Waals surface area contributed by atoms with Crippen LogP contribution in [0.4, 0.5) is 11.4 Å². The number of halogens is 1. The number of anilines is 2. The highest BCUT2D eigenvalue weighted by Crippen LogP contribution is 2.28. The van der Waals surface area contributed by atoms with Crippen LogP contribution in [0.5, 0.6) is 11.5 Å². The van der Waals surface area contributed by atoms with E-state index in [2.05, 4.69) is 5.32 Å². The largest absolute Gasteiger partial charge is 0.493 e. The summed E-state index contributed by atoms with van der Waals surface area (Å²) in [5.41, 5.74) is 7.50. The van der Waals surface area contributed by atoms with Gasteiger partial charge in [-0.05, 0) is 42.0 Å². The molecule has 0 fully saturated rings. The van der Waals surface area contributed by atoms with Crippen molar-refractivity contribution in [2.45, 2.75) is 0 Å². The van der Waals surface area contributed by atoms with Crippen LogP contribution >= 0.6 is 11.6 Å². The summed E-state index contributed by atoms with van der Waals surface area (Å²) in [5.74, 6) is 0.952. The highest BCUT2D eigenvalue weighted by molar-refractivity contribution is 6.33. The summed E-state index contributed by atoms with van der Waals surface area (Å²) in [4.78, 5) is 11.9. The van der Waals surface area contributed by atoms with E-state index in [0.29, 0.717) is 27.9 Å². The van der Waals surface area contributed by atoms with Crippen molar-refractivity contribution in [3.63, 3.8) is 0 Å². The van der Waals surface area contributed by atoms with E-state index in [1.807, 2.05) is 6.07 Å². The molecule has 6 heteroatoms. The van der Waals surface area contributed by atoms with Gasteiger partial charge in [-0.1, -0.05) is 17.7 Å².